The fraction of sp³-hybridized carbons (Fsp3) is 0.455. The topological polar surface area (TPSA) is 0 Å². The van der Waals surface area contributed by atoms with Crippen LogP contribution in [-0.4, -0.2) is 16.9 Å². The minimum absolute atomic E-state index is 0.182. The van der Waals surface area contributed by atoms with Crippen LogP contribution >= 0.6 is 35.0 Å². The molecule has 0 radical (unpaired) electrons. The molecule has 1 aromatic rings. The molecule has 0 amide bonds. The maximum Gasteiger partial charge on any atom is 0.142 e. The zero-order chi connectivity index (χ0) is 10.8. The lowest BCUT2D eigenvalue weighted by Gasteiger charge is -2.12. The summed E-state index contributed by atoms with van der Waals surface area (Å²) in [5.41, 5.74) is 0.982. The Labute approximate surface area is 103 Å². The van der Waals surface area contributed by atoms with Crippen LogP contribution in [0.1, 0.15) is 5.56 Å². The van der Waals surface area contributed by atoms with E-state index in [1.165, 1.54) is 6.07 Å². The summed E-state index contributed by atoms with van der Waals surface area (Å²) in [4.78, 5) is 0. The van der Waals surface area contributed by atoms with Crippen LogP contribution in [0.25, 0.3) is 0 Å². The molecule has 2 unspecified atom stereocenters. The predicted molar refractivity (Wildman–Crippen MR) is 65.6 cm³/mol. The van der Waals surface area contributed by atoms with Crippen LogP contribution in [0.15, 0.2) is 18.2 Å². The van der Waals surface area contributed by atoms with Gasteiger partial charge in [0.1, 0.15) is 5.82 Å². The van der Waals surface area contributed by atoms with E-state index in [9.17, 15) is 4.39 Å². The number of hydrogen-bond acceptors (Lipinski definition) is 1. The molecule has 2 atom stereocenters. The highest BCUT2D eigenvalue weighted by molar-refractivity contribution is 7.99. The number of halogens is 3. The molecule has 82 valence electrons. The smallest absolute Gasteiger partial charge is 0.142 e. The van der Waals surface area contributed by atoms with Gasteiger partial charge in [0.05, 0.1) is 5.02 Å². The molecule has 1 aliphatic rings. The van der Waals surface area contributed by atoms with Gasteiger partial charge < -0.3 is 0 Å². The lowest BCUT2D eigenvalue weighted by Crippen LogP contribution is -2.14. The molecular formula is C11H11Cl2FS. The van der Waals surface area contributed by atoms with Crippen LogP contribution in [0.5, 0.6) is 0 Å². The minimum atomic E-state index is -0.342. The Bertz CT molecular complexity index is 356. The molecule has 0 saturated carbocycles. The summed E-state index contributed by atoms with van der Waals surface area (Å²) in [6, 6.07) is 4.99. The number of alkyl halides is 1. The summed E-state index contributed by atoms with van der Waals surface area (Å²) in [6.45, 7) is 0. The Kier molecular flexibility index (Phi) is 3.81. The van der Waals surface area contributed by atoms with Gasteiger partial charge in [-0.2, -0.15) is 11.8 Å². The largest absolute Gasteiger partial charge is 0.205 e. The van der Waals surface area contributed by atoms with E-state index in [1.807, 2.05) is 17.8 Å². The van der Waals surface area contributed by atoms with Crippen LogP contribution in [0.2, 0.25) is 5.02 Å². The second-order valence-electron chi connectivity index (χ2n) is 3.77. The highest BCUT2D eigenvalue weighted by Gasteiger charge is 2.25. The molecule has 1 aromatic carbocycles. The van der Waals surface area contributed by atoms with Gasteiger partial charge in [-0.1, -0.05) is 17.7 Å². The van der Waals surface area contributed by atoms with Crippen molar-refractivity contribution in [3.63, 3.8) is 0 Å². The van der Waals surface area contributed by atoms with Crippen molar-refractivity contribution in [3.05, 3.63) is 34.6 Å². The fourth-order valence-corrected chi connectivity index (χ4v) is 3.68. The molecule has 0 aromatic heterocycles. The van der Waals surface area contributed by atoms with Crippen molar-refractivity contribution >= 4 is 35.0 Å². The van der Waals surface area contributed by atoms with E-state index in [0.717, 1.165) is 23.5 Å². The highest BCUT2D eigenvalue weighted by Crippen LogP contribution is 2.31. The van der Waals surface area contributed by atoms with E-state index in [1.54, 1.807) is 6.07 Å². The Morgan fingerprint density at radius 1 is 1.40 bits per heavy atom. The van der Waals surface area contributed by atoms with Gasteiger partial charge in [0.15, 0.2) is 0 Å². The van der Waals surface area contributed by atoms with E-state index in [2.05, 4.69) is 0 Å². The number of rotatable bonds is 2. The molecule has 1 saturated heterocycles. The second kappa shape index (κ2) is 4.94. The maximum absolute atomic E-state index is 13.2. The van der Waals surface area contributed by atoms with Crippen molar-refractivity contribution in [1.82, 2.24) is 0 Å². The fourth-order valence-electron chi connectivity index (χ4n) is 1.73. The first-order chi connectivity index (χ1) is 7.16. The zero-order valence-electron chi connectivity index (χ0n) is 8.05. The van der Waals surface area contributed by atoms with E-state index in [4.69, 9.17) is 23.2 Å². The molecule has 15 heavy (non-hydrogen) atoms. The monoisotopic (exact) mass is 264 g/mol. The van der Waals surface area contributed by atoms with Gasteiger partial charge in [-0.3, -0.25) is 0 Å². The van der Waals surface area contributed by atoms with Crippen molar-refractivity contribution in [3.8, 4) is 0 Å². The first-order valence-electron chi connectivity index (χ1n) is 4.82. The van der Waals surface area contributed by atoms with Crippen LogP contribution in [0.4, 0.5) is 4.39 Å². The van der Waals surface area contributed by atoms with E-state index < -0.39 is 0 Å². The van der Waals surface area contributed by atoms with Gasteiger partial charge in [0.25, 0.3) is 0 Å². The number of thioether (sulfide) groups is 1. The van der Waals surface area contributed by atoms with E-state index >= 15 is 0 Å². The standard InChI is InChI=1S/C11H11Cl2FS/c12-9-2-1-7(4-11(9)14)3-8-5-15-6-10(8)13/h1-2,4,8,10H,3,5-6H2. The van der Waals surface area contributed by atoms with Crippen molar-refractivity contribution in [2.75, 3.05) is 11.5 Å². The summed E-state index contributed by atoms with van der Waals surface area (Å²) in [5, 5.41) is 0.399. The summed E-state index contributed by atoms with van der Waals surface area (Å²) < 4.78 is 13.2. The molecule has 0 aliphatic carbocycles. The van der Waals surface area contributed by atoms with Gasteiger partial charge in [-0.05, 0) is 35.8 Å². The predicted octanol–water partition coefficient (Wildman–Crippen LogP) is 3.99. The van der Waals surface area contributed by atoms with E-state index in [0.29, 0.717) is 5.92 Å². The molecule has 0 spiro atoms. The maximum atomic E-state index is 13.2. The van der Waals surface area contributed by atoms with Crippen LogP contribution in [0, 0.1) is 11.7 Å². The van der Waals surface area contributed by atoms with Gasteiger partial charge >= 0.3 is 0 Å². The van der Waals surface area contributed by atoms with E-state index in [-0.39, 0.29) is 16.2 Å². The second-order valence-corrected chi connectivity index (χ2v) is 5.81. The molecule has 1 heterocycles. The Hall–Kier alpha value is 0.0800. The average molecular weight is 265 g/mol. The Balaban J connectivity index is 2.07. The average Bonchev–Trinajstić information content (AvgIpc) is 2.59. The molecule has 0 nitrogen and oxygen atoms in total. The summed E-state index contributed by atoms with van der Waals surface area (Å²) in [5.74, 6) is 2.18. The molecule has 0 bridgehead atoms. The quantitative estimate of drug-likeness (QED) is 0.728. The first-order valence-corrected chi connectivity index (χ1v) is 6.79. The number of hydrogen-bond donors (Lipinski definition) is 0. The molecule has 0 N–H and O–H groups in total. The molecule has 1 aliphatic heterocycles. The summed E-state index contributed by atoms with van der Waals surface area (Å²) >= 11 is 13.6. The van der Waals surface area contributed by atoms with Gasteiger partial charge in [-0.25, -0.2) is 4.39 Å². The molecule has 2 rings (SSSR count). The number of benzene rings is 1. The minimum Gasteiger partial charge on any atom is -0.205 e. The van der Waals surface area contributed by atoms with Crippen LogP contribution in [0.3, 0.4) is 0 Å². The van der Waals surface area contributed by atoms with Crippen LogP contribution < -0.4 is 0 Å². The first kappa shape index (κ1) is 11.6. The van der Waals surface area contributed by atoms with Gasteiger partial charge in [0.2, 0.25) is 0 Å². The third-order valence-electron chi connectivity index (χ3n) is 2.60. The molecule has 4 heteroatoms. The van der Waals surface area contributed by atoms with Crippen molar-refractivity contribution in [1.29, 1.82) is 0 Å². The van der Waals surface area contributed by atoms with Crippen LogP contribution in [-0.2, 0) is 6.42 Å². The Morgan fingerprint density at radius 2 is 2.20 bits per heavy atom. The van der Waals surface area contributed by atoms with Crippen molar-refractivity contribution < 1.29 is 4.39 Å². The lowest BCUT2D eigenvalue weighted by molar-refractivity contribution is 0.592. The SMILES string of the molecule is Fc1cc(CC2CSCC2Cl)ccc1Cl. The Morgan fingerprint density at radius 3 is 2.80 bits per heavy atom. The van der Waals surface area contributed by atoms with Gasteiger partial charge in [0, 0.05) is 11.1 Å². The van der Waals surface area contributed by atoms with Gasteiger partial charge in [-0.15, -0.1) is 11.6 Å². The third kappa shape index (κ3) is 2.80. The molecule has 1 fully saturated rings. The third-order valence-corrected chi connectivity index (χ3v) is 4.86. The summed E-state index contributed by atoms with van der Waals surface area (Å²) in [6.07, 6.45) is 0.843. The summed E-state index contributed by atoms with van der Waals surface area (Å²) in [7, 11) is 0. The van der Waals surface area contributed by atoms with Crippen molar-refractivity contribution in [2.45, 2.75) is 11.8 Å². The van der Waals surface area contributed by atoms with Crippen molar-refractivity contribution in [2.24, 2.45) is 5.92 Å². The normalized spacial score (nSPS) is 25.8. The highest BCUT2D eigenvalue weighted by atomic mass is 35.5. The zero-order valence-corrected chi connectivity index (χ0v) is 10.4. The molecular weight excluding hydrogens is 254 g/mol. The lowest BCUT2D eigenvalue weighted by atomic mass is 9.98.